The number of methoxy groups -OCH3 is 1. The van der Waals surface area contributed by atoms with Gasteiger partial charge in [-0.2, -0.15) is 0 Å². The van der Waals surface area contributed by atoms with Gasteiger partial charge in [-0.15, -0.1) is 0 Å². The van der Waals surface area contributed by atoms with Crippen molar-refractivity contribution >= 4 is 33.3 Å². The van der Waals surface area contributed by atoms with Crippen molar-refractivity contribution in [2.75, 3.05) is 7.11 Å². The predicted molar refractivity (Wildman–Crippen MR) is 80.2 cm³/mol. The Kier molecular flexibility index (Phi) is 4.61. The Hall–Kier alpha value is -1.32. The number of ether oxygens (including phenoxy) is 1. The van der Waals surface area contributed by atoms with E-state index in [1.165, 1.54) is 0 Å². The van der Waals surface area contributed by atoms with Crippen molar-refractivity contribution in [3.8, 4) is 5.75 Å². The van der Waals surface area contributed by atoms with E-state index in [0.717, 1.165) is 10.0 Å². The molecule has 2 rings (SSSR count). The highest BCUT2D eigenvalue weighted by molar-refractivity contribution is 9.10. The first-order valence-corrected chi connectivity index (χ1v) is 6.89. The second-order valence-electron chi connectivity index (χ2n) is 4.04. The summed E-state index contributed by atoms with van der Waals surface area (Å²) in [6, 6.07) is 12.6. The van der Waals surface area contributed by atoms with Gasteiger partial charge < -0.3 is 4.74 Å². The molecule has 0 saturated heterocycles. The lowest BCUT2D eigenvalue weighted by Crippen LogP contribution is -2.05. The van der Waals surface area contributed by atoms with Crippen molar-refractivity contribution in [1.29, 1.82) is 0 Å². The number of carbonyl (C=O) groups excluding carboxylic acids is 1. The minimum atomic E-state index is -0.0259. The minimum Gasteiger partial charge on any atom is -0.496 e. The third kappa shape index (κ3) is 3.37. The van der Waals surface area contributed by atoms with Crippen LogP contribution < -0.4 is 4.74 Å². The molecule has 2 aromatic rings. The third-order valence-corrected chi connectivity index (χ3v) is 3.59. The molecule has 0 spiro atoms. The highest BCUT2D eigenvalue weighted by Crippen LogP contribution is 2.25. The molecule has 0 bridgehead atoms. The number of carbonyl (C=O) groups is 1. The average Bonchev–Trinajstić information content (AvgIpc) is 2.39. The molecule has 0 amide bonds. The molecule has 19 heavy (non-hydrogen) atoms. The molecule has 0 radical (unpaired) electrons. The fraction of sp³-hybridized carbons (Fsp3) is 0.133. The summed E-state index contributed by atoms with van der Waals surface area (Å²) in [5.74, 6) is 0.672. The molecular weight excluding hydrogens is 328 g/mol. The summed E-state index contributed by atoms with van der Waals surface area (Å²) >= 11 is 9.42. The first-order chi connectivity index (χ1) is 9.11. The first-order valence-electron chi connectivity index (χ1n) is 5.72. The Labute approximate surface area is 125 Å². The van der Waals surface area contributed by atoms with Gasteiger partial charge in [0.15, 0.2) is 5.78 Å². The molecule has 0 N–H and O–H groups in total. The van der Waals surface area contributed by atoms with E-state index < -0.39 is 0 Å². The lowest BCUT2D eigenvalue weighted by Gasteiger charge is -2.09. The number of benzene rings is 2. The summed E-state index contributed by atoms with van der Waals surface area (Å²) in [7, 11) is 1.59. The molecule has 4 heteroatoms. The summed E-state index contributed by atoms with van der Waals surface area (Å²) in [5.41, 5.74) is 1.37. The van der Waals surface area contributed by atoms with E-state index in [1.54, 1.807) is 31.4 Å². The Morgan fingerprint density at radius 3 is 2.68 bits per heavy atom. The van der Waals surface area contributed by atoms with Gasteiger partial charge in [0, 0.05) is 22.0 Å². The molecule has 0 aliphatic heterocycles. The molecule has 0 heterocycles. The van der Waals surface area contributed by atoms with Crippen molar-refractivity contribution in [2.45, 2.75) is 6.42 Å². The van der Waals surface area contributed by atoms with Crippen LogP contribution in [0.1, 0.15) is 15.9 Å². The van der Waals surface area contributed by atoms with Crippen LogP contribution >= 0.6 is 27.5 Å². The third-order valence-electron chi connectivity index (χ3n) is 2.77. The van der Waals surface area contributed by atoms with Gasteiger partial charge in [-0.1, -0.05) is 39.7 Å². The number of Topliss-reactive ketones (excluding diaryl/α,β-unsaturated/α-hetero) is 1. The topological polar surface area (TPSA) is 26.3 Å². The number of hydrogen-bond acceptors (Lipinski definition) is 2. The molecule has 0 aliphatic rings. The number of halogens is 2. The van der Waals surface area contributed by atoms with E-state index in [4.69, 9.17) is 16.3 Å². The minimum absolute atomic E-state index is 0.0259. The number of hydrogen-bond donors (Lipinski definition) is 0. The van der Waals surface area contributed by atoms with Gasteiger partial charge in [0.05, 0.1) is 12.1 Å². The van der Waals surface area contributed by atoms with Crippen LogP contribution in [0.4, 0.5) is 0 Å². The summed E-state index contributed by atoms with van der Waals surface area (Å²) in [5, 5.41) is 0.474. The molecule has 98 valence electrons. The Bertz CT molecular complexity index is 611. The maximum Gasteiger partial charge on any atom is 0.168 e. The fourth-order valence-electron chi connectivity index (χ4n) is 1.84. The standard InChI is InChI=1S/C15H12BrClO2/c1-19-15-7-6-11(16)8-10(15)9-14(18)12-4-2-3-5-13(12)17/h2-8H,9H2,1H3. The van der Waals surface area contributed by atoms with E-state index in [1.807, 2.05) is 18.2 Å². The highest BCUT2D eigenvalue weighted by Gasteiger charge is 2.13. The molecule has 0 aliphatic carbocycles. The normalized spacial score (nSPS) is 10.3. The number of ketones is 1. The van der Waals surface area contributed by atoms with E-state index >= 15 is 0 Å². The van der Waals surface area contributed by atoms with Gasteiger partial charge in [-0.3, -0.25) is 4.79 Å². The smallest absolute Gasteiger partial charge is 0.168 e. The zero-order chi connectivity index (χ0) is 13.8. The van der Waals surface area contributed by atoms with Gasteiger partial charge in [0.2, 0.25) is 0 Å². The van der Waals surface area contributed by atoms with Crippen LogP contribution in [-0.4, -0.2) is 12.9 Å². The average molecular weight is 340 g/mol. The van der Waals surface area contributed by atoms with Gasteiger partial charge in [0.1, 0.15) is 5.75 Å². The van der Waals surface area contributed by atoms with E-state index in [2.05, 4.69) is 15.9 Å². The van der Waals surface area contributed by atoms with E-state index in [9.17, 15) is 4.79 Å². The second-order valence-corrected chi connectivity index (χ2v) is 5.36. The molecule has 2 aromatic carbocycles. The molecule has 0 unspecified atom stereocenters. The molecule has 0 saturated carbocycles. The molecular formula is C15H12BrClO2. The van der Waals surface area contributed by atoms with Crippen LogP contribution in [0.2, 0.25) is 5.02 Å². The van der Waals surface area contributed by atoms with Crippen LogP contribution in [0.15, 0.2) is 46.9 Å². The zero-order valence-electron chi connectivity index (χ0n) is 10.3. The monoisotopic (exact) mass is 338 g/mol. The quantitative estimate of drug-likeness (QED) is 0.765. The molecule has 0 aromatic heterocycles. The molecule has 0 fully saturated rings. The van der Waals surface area contributed by atoms with Crippen molar-refractivity contribution in [1.82, 2.24) is 0 Å². The fourth-order valence-corrected chi connectivity index (χ4v) is 2.49. The molecule has 0 atom stereocenters. The highest BCUT2D eigenvalue weighted by atomic mass is 79.9. The maximum absolute atomic E-state index is 12.3. The van der Waals surface area contributed by atoms with Gasteiger partial charge >= 0.3 is 0 Å². The van der Waals surface area contributed by atoms with Crippen molar-refractivity contribution in [3.63, 3.8) is 0 Å². The lowest BCUT2D eigenvalue weighted by molar-refractivity contribution is 0.0992. The number of rotatable bonds is 4. The molecule has 2 nitrogen and oxygen atoms in total. The lowest BCUT2D eigenvalue weighted by atomic mass is 10.0. The first kappa shape index (κ1) is 14.1. The van der Waals surface area contributed by atoms with E-state index in [-0.39, 0.29) is 12.2 Å². The zero-order valence-corrected chi connectivity index (χ0v) is 12.7. The van der Waals surface area contributed by atoms with Crippen molar-refractivity contribution in [3.05, 3.63) is 63.1 Å². The SMILES string of the molecule is COc1ccc(Br)cc1CC(=O)c1ccccc1Cl. The van der Waals surface area contributed by atoms with Crippen LogP contribution in [-0.2, 0) is 6.42 Å². The Morgan fingerprint density at radius 2 is 2.00 bits per heavy atom. The van der Waals surface area contributed by atoms with Gasteiger partial charge in [-0.25, -0.2) is 0 Å². The Morgan fingerprint density at radius 1 is 1.26 bits per heavy atom. The summed E-state index contributed by atoms with van der Waals surface area (Å²) in [6.07, 6.45) is 0.256. The van der Waals surface area contributed by atoms with Gasteiger partial charge in [-0.05, 0) is 30.3 Å². The van der Waals surface area contributed by atoms with Crippen LogP contribution in [0.3, 0.4) is 0 Å². The predicted octanol–water partition coefficient (Wildman–Crippen LogP) is 4.54. The summed E-state index contributed by atoms with van der Waals surface area (Å²) < 4.78 is 6.17. The Balaban J connectivity index is 2.29. The van der Waals surface area contributed by atoms with Crippen molar-refractivity contribution in [2.24, 2.45) is 0 Å². The van der Waals surface area contributed by atoms with Crippen LogP contribution in [0.25, 0.3) is 0 Å². The van der Waals surface area contributed by atoms with E-state index in [0.29, 0.717) is 16.3 Å². The van der Waals surface area contributed by atoms with Crippen molar-refractivity contribution < 1.29 is 9.53 Å². The van der Waals surface area contributed by atoms with Crippen LogP contribution in [0.5, 0.6) is 5.75 Å². The van der Waals surface area contributed by atoms with Gasteiger partial charge in [0.25, 0.3) is 0 Å². The maximum atomic E-state index is 12.3. The van der Waals surface area contributed by atoms with Crippen LogP contribution in [0, 0.1) is 0 Å². The summed E-state index contributed by atoms with van der Waals surface area (Å²) in [6.45, 7) is 0. The summed E-state index contributed by atoms with van der Waals surface area (Å²) in [4.78, 5) is 12.3. The second kappa shape index (κ2) is 6.22. The largest absolute Gasteiger partial charge is 0.496 e.